The van der Waals surface area contributed by atoms with Crippen LogP contribution in [0.5, 0.6) is 0 Å². The lowest BCUT2D eigenvalue weighted by molar-refractivity contribution is -0.476. The average Bonchev–Trinajstić information content (AvgIpc) is 2.50. The topological polar surface area (TPSA) is 9.49 Å². The van der Waals surface area contributed by atoms with E-state index in [1.165, 1.54) is 24.4 Å². The Morgan fingerprint density at radius 3 is 2.05 bits per heavy atom. The summed E-state index contributed by atoms with van der Waals surface area (Å²) in [6, 6.07) is 10.8. The van der Waals surface area contributed by atoms with Gasteiger partial charge in [-0.1, -0.05) is 43.7 Å². The zero-order chi connectivity index (χ0) is 15.7. The van der Waals surface area contributed by atoms with Gasteiger partial charge in [0.2, 0.25) is 0 Å². The molecule has 118 valence electrons. The maximum absolute atomic E-state index is 2.52. The van der Waals surface area contributed by atoms with Crippen molar-refractivity contribution >= 4 is 5.96 Å². The number of guanidine groups is 1. The van der Waals surface area contributed by atoms with E-state index in [0.717, 1.165) is 26.2 Å². The van der Waals surface area contributed by atoms with Gasteiger partial charge in [-0.25, -0.2) is 0 Å². The van der Waals surface area contributed by atoms with Crippen molar-refractivity contribution in [2.45, 2.75) is 40.2 Å². The smallest absolute Gasteiger partial charge is 0.270 e. The highest BCUT2D eigenvalue weighted by Crippen LogP contribution is 2.09. The normalized spacial score (nSPS) is 10.3. The Balaban J connectivity index is 3.00. The minimum Gasteiger partial charge on any atom is -0.270 e. The molecular formula is C18H32N3+. The molecule has 0 bridgehead atoms. The second-order valence-corrected chi connectivity index (χ2v) is 5.63. The van der Waals surface area contributed by atoms with Crippen molar-refractivity contribution in [1.82, 2.24) is 9.80 Å². The zero-order valence-corrected chi connectivity index (χ0v) is 14.5. The van der Waals surface area contributed by atoms with Crippen LogP contribution in [0.1, 0.15) is 39.2 Å². The van der Waals surface area contributed by atoms with E-state index in [4.69, 9.17) is 0 Å². The highest BCUT2D eigenvalue weighted by Gasteiger charge is 2.25. The van der Waals surface area contributed by atoms with E-state index >= 15 is 0 Å². The lowest BCUT2D eigenvalue weighted by Crippen LogP contribution is -2.48. The highest BCUT2D eigenvalue weighted by atomic mass is 15.4. The van der Waals surface area contributed by atoms with Gasteiger partial charge in [0.15, 0.2) is 0 Å². The van der Waals surface area contributed by atoms with Crippen molar-refractivity contribution in [3.63, 3.8) is 0 Å². The maximum Gasteiger partial charge on any atom is 0.350 e. The zero-order valence-electron chi connectivity index (χ0n) is 14.5. The molecule has 0 aromatic heterocycles. The van der Waals surface area contributed by atoms with E-state index in [0.29, 0.717) is 0 Å². The van der Waals surface area contributed by atoms with Crippen LogP contribution in [0.25, 0.3) is 0 Å². The summed E-state index contributed by atoms with van der Waals surface area (Å²) in [5.41, 5.74) is 1.38. The first-order valence-electron chi connectivity index (χ1n) is 8.22. The molecule has 0 heterocycles. The van der Waals surface area contributed by atoms with Crippen LogP contribution in [0, 0.1) is 0 Å². The molecule has 0 atom stereocenters. The monoisotopic (exact) mass is 290 g/mol. The van der Waals surface area contributed by atoms with Crippen molar-refractivity contribution in [1.29, 1.82) is 0 Å². The molecule has 0 fully saturated rings. The van der Waals surface area contributed by atoms with Crippen LogP contribution in [-0.2, 0) is 6.54 Å². The molecule has 0 radical (unpaired) electrons. The Hall–Kier alpha value is -1.51. The molecule has 3 nitrogen and oxygen atoms in total. The van der Waals surface area contributed by atoms with Crippen LogP contribution >= 0.6 is 0 Å². The summed E-state index contributed by atoms with van der Waals surface area (Å²) in [6.45, 7) is 10.9. The molecule has 0 amide bonds. The maximum atomic E-state index is 2.52. The van der Waals surface area contributed by atoms with Crippen molar-refractivity contribution in [3.8, 4) is 0 Å². The third-order valence-corrected chi connectivity index (χ3v) is 3.73. The van der Waals surface area contributed by atoms with E-state index in [2.05, 4.69) is 79.6 Å². The molecule has 1 aromatic rings. The molecule has 0 unspecified atom stereocenters. The first-order valence-corrected chi connectivity index (χ1v) is 8.22. The highest BCUT2D eigenvalue weighted by molar-refractivity contribution is 5.75. The van der Waals surface area contributed by atoms with Crippen LogP contribution in [0.2, 0.25) is 0 Å². The molecule has 0 N–H and O–H groups in total. The van der Waals surface area contributed by atoms with Crippen LogP contribution in [-0.4, -0.2) is 54.1 Å². The van der Waals surface area contributed by atoms with Crippen molar-refractivity contribution < 1.29 is 4.58 Å². The molecular weight excluding hydrogens is 258 g/mol. The SMILES string of the molecule is CCCCN(Cc1ccccc1)C(N(CC)CC)=[N+](C)C. The van der Waals surface area contributed by atoms with Crippen LogP contribution in [0.15, 0.2) is 30.3 Å². The average molecular weight is 290 g/mol. The minimum absolute atomic E-state index is 0.977. The number of rotatable bonds is 7. The number of nitrogens with zero attached hydrogens (tertiary/aromatic N) is 3. The first kappa shape index (κ1) is 17.5. The van der Waals surface area contributed by atoms with E-state index < -0.39 is 0 Å². The Morgan fingerprint density at radius 1 is 0.952 bits per heavy atom. The Kier molecular flexibility index (Phi) is 7.88. The van der Waals surface area contributed by atoms with Crippen molar-refractivity contribution in [3.05, 3.63) is 35.9 Å². The Bertz CT molecular complexity index is 417. The number of unbranched alkanes of at least 4 members (excludes halogenated alkanes) is 1. The van der Waals surface area contributed by atoms with Gasteiger partial charge in [-0.2, -0.15) is 0 Å². The molecule has 0 spiro atoms. The molecule has 0 saturated heterocycles. The van der Waals surface area contributed by atoms with E-state index in [1.54, 1.807) is 0 Å². The first-order chi connectivity index (χ1) is 10.1. The second-order valence-electron chi connectivity index (χ2n) is 5.63. The fourth-order valence-corrected chi connectivity index (χ4v) is 2.67. The van der Waals surface area contributed by atoms with Gasteiger partial charge in [0.25, 0.3) is 0 Å². The fraction of sp³-hybridized carbons (Fsp3) is 0.611. The quantitative estimate of drug-likeness (QED) is 0.433. The number of hydrogen-bond acceptors (Lipinski definition) is 0. The Morgan fingerprint density at radius 2 is 1.57 bits per heavy atom. The summed E-state index contributed by atoms with van der Waals surface area (Å²) in [5, 5.41) is 0. The molecule has 0 saturated carbocycles. The van der Waals surface area contributed by atoms with Gasteiger partial charge in [0, 0.05) is 0 Å². The number of hydrogen-bond donors (Lipinski definition) is 0. The van der Waals surface area contributed by atoms with Crippen LogP contribution < -0.4 is 0 Å². The molecule has 21 heavy (non-hydrogen) atoms. The standard InChI is InChI=1S/C18H32N3/c1-6-9-15-21(16-17-13-11-10-12-14-17)18(19(4)5)20(7-2)8-3/h10-14H,6-9,15-16H2,1-5H3/q+1. The van der Waals surface area contributed by atoms with Crippen molar-refractivity contribution in [2.75, 3.05) is 33.7 Å². The summed E-state index contributed by atoms with van der Waals surface area (Å²) in [4.78, 5) is 4.96. The largest absolute Gasteiger partial charge is 0.350 e. The summed E-state index contributed by atoms with van der Waals surface area (Å²) in [5.74, 6) is 1.33. The predicted octanol–water partition coefficient (Wildman–Crippen LogP) is 3.26. The van der Waals surface area contributed by atoms with E-state index in [1.807, 2.05) is 0 Å². The second kappa shape index (κ2) is 9.43. The van der Waals surface area contributed by atoms with Crippen LogP contribution in [0.4, 0.5) is 0 Å². The van der Waals surface area contributed by atoms with Gasteiger partial charge in [0.05, 0.1) is 40.3 Å². The van der Waals surface area contributed by atoms with Gasteiger partial charge < -0.3 is 0 Å². The molecule has 0 aliphatic heterocycles. The van der Waals surface area contributed by atoms with Gasteiger partial charge >= 0.3 is 5.96 Å². The minimum atomic E-state index is 0.977. The third kappa shape index (κ3) is 5.41. The molecule has 1 aromatic carbocycles. The molecule has 0 aliphatic rings. The third-order valence-electron chi connectivity index (χ3n) is 3.73. The van der Waals surface area contributed by atoms with E-state index in [-0.39, 0.29) is 0 Å². The van der Waals surface area contributed by atoms with Gasteiger partial charge in [-0.15, -0.1) is 0 Å². The summed E-state index contributed by atoms with van der Waals surface area (Å²) in [6.07, 6.45) is 2.45. The summed E-state index contributed by atoms with van der Waals surface area (Å²) in [7, 11) is 4.30. The lowest BCUT2D eigenvalue weighted by atomic mass is 10.2. The summed E-state index contributed by atoms with van der Waals surface area (Å²) >= 11 is 0. The predicted molar refractivity (Wildman–Crippen MR) is 91.8 cm³/mol. The fourth-order valence-electron chi connectivity index (χ4n) is 2.67. The van der Waals surface area contributed by atoms with E-state index in [9.17, 15) is 0 Å². The lowest BCUT2D eigenvalue weighted by Gasteiger charge is -2.28. The number of benzene rings is 1. The summed E-state index contributed by atoms with van der Waals surface area (Å²) < 4.78 is 2.26. The van der Waals surface area contributed by atoms with Gasteiger partial charge in [-0.3, -0.25) is 14.4 Å². The van der Waals surface area contributed by atoms with Crippen molar-refractivity contribution in [2.24, 2.45) is 0 Å². The molecule has 0 aliphatic carbocycles. The Labute approximate surface area is 130 Å². The molecule has 1 rings (SSSR count). The molecule has 3 heteroatoms. The van der Waals surface area contributed by atoms with Gasteiger partial charge in [0.1, 0.15) is 0 Å². The van der Waals surface area contributed by atoms with Crippen LogP contribution in [0.3, 0.4) is 0 Å². The van der Waals surface area contributed by atoms with Gasteiger partial charge in [-0.05, 0) is 25.8 Å².